The summed E-state index contributed by atoms with van der Waals surface area (Å²) in [4.78, 5) is 19.3. The average Bonchev–Trinajstić information content (AvgIpc) is 3.11. The molecule has 0 saturated carbocycles. The van der Waals surface area contributed by atoms with Gasteiger partial charge in [-0.15, -0.1) is 11.3 Å². The number of likely N-dealkylation sites (N-methyl/N-ethyl adjacent to an activating group) is 1. The van der Waals surface area contributed by atoms with Crippen molar-refractivity contribution < 1.29 is 4.79 Å². The second-order valence-corrected chi connectivity index (χ2v) is 7.08. The summed E-state index contributed by atoms with van der Waals surface area (Å²) in [5.41, 5.74) is 2.38. The lowest BCUT2D eigenvalue weighted by atomic mass is 10.1. The van der Waals surface area contributed by atoms with E-state index >= 15 is 0 Å². The number of thiophene rings is 1. The van der Waals surface area contributed by atoms with Gasteiger partial charge in [-0.2, -0.15) is 0 Å². The van der Waals surface area contributed by atoms with Crippen LogP contribution >= 0.6 is 11.3 Å². The number of carbonyl (C=O) groups excluding carboxylic acids is 1. The van der Waals surface area contributed by atoms with Crippen LogP contribution in [0.4, 0.5) is 0 Å². The molecule has 5 nitrogen and oxygen atoms in total. The predicted molar refractivity (Wildman–Crippen MR) is 105 cm³/mol. The Morgan fingerprint density at radius 2 is 1.92 bits per heavy atom. The highest BCUT2D eigenvalue weighted by Gasteiger charge is 2.06. The van der Waals surface area contributed by atoms with Gasteiger partial charge >= 0.3 is 0 Å². The first-order valence-corrected chi connectivity index (χ1v) is 9.23. The molecule has 134 valence electrons. The van der Waals surface area contributed by atoms with Gasteiger partial charge in [-0.3, -0.25) is 4.79 Å². The van der Waals surface area contributed by atoms with Gasteiger partial charge in [0.1, 0.15) is 0 Å². The minimum absolute atomic E-state index is 0.0168. The van der Waals surface area contributed by atoms with Crippen LogP contribution in [-0.4, -0.2) is 44.0 Å². The van der Waals surface area contributed by atoms with Crippen molar-refractivity contribution in [2.75, 3.05) is 27.2 Å². The number of aliphatic imine (C=N–C) groups is 1. The minimum atomic E-state index is 0.0168. The van der Waals surface area contributed by atoms with Gasteiger partial charge < -0.3 is 15.5 Å². The summed E-state index contributed by atoms with van der Waals surface area (Å²) in [5, 5.41) is 8.50. The Kier molecular flexibility index (Phi) is 7.47. The van der Waals surface area contributed by atoms with Crippen LogP contribution in [0.25, 0.3) is 0 Å². The Bertz CT molecular complexity index is 678. The third kappa shape index (κ3) is 6.97. The fourth-order valence-electron chi connectivity index (χ4n) is 2.11. The summed E-state index contributed by atoms with van der Waals surface area (Å²) < 4.78 is 0. The molecule has 0 aliphatic carbocycles. The molecule has 0 bridgehead atoms. The zero-order valence-electron chi connectivity index (χ0n) is 15.1. The smallest absolute Gasteiger partial charge is 0.241 e. The van der Waals surface area contributed by atoms with Crippen molar-refractivity contribution in [3.05, 3.63) is 57.8 Å². The molecule has 0 fully saturated rings. The highest BCUT2D eigenvalue weighted by Crippen LogP contribution is 2.08. The molecule has 0 saturated heterocycles. The summed E-state index contributed by atoms with van der Waals surface area (Å²) >= 11 is 1.75. The first-order valence-electron chi connectivity index (χ1n) is 8.35. The van der Waals surface area contributed by atoms with Crippen LogP contribution < -0.4 is 10.6 Å². The van der Waals surface area contributed by atoms with Crippen molar-refractivity contribution in [1.29, 1.82) is 0 Å². The van der Waals surface area contributed by atoms with Crippen LogP contribution in [0.15, 0.2) is 46.8 Å². The van der Waals surface area contributed by atoms with Gasteiger partial charge in [0.2, 0.25) is 5.91 Å². The predicted octanol–water partition coefficient (Wildman–Crippen LogP) is 2.42. The Morgan fingerprint density at radius 1 is 1.16 bits per heavy atom. The van der Waals surface area contributed by atoms with Crippen molar-refractivity contribution >= 4 is 23.2 Å². The molecule has 0 aliphatic heterocycles. The molecule has 0 spiro atoms. The molecule has 0 unspecified atom stereocenters. The number of rotatable bonds is 7. The van der Waals surface area contributed by atoms with E-state index in [0.29, 0.717) is 12.5 Å². The van der Waals surface area contributed by atoms with Crippen LogP contribution in [0.1, 0.15) is 16.0 Å². The first-order chi connectivity index (χ1) is 12.0. The van der Waals surface area contributed by atoms with E-state index in [9.17, 15) is 4.79 Å². The van der Waals surface area contributed by atoms with E-state index < -0.39 is 0 Å². The quantitative estimate of drug-likeness (QED) is 0.590. The van der Waals surface area contributed by atoms with E-state index in [0.717, 1.165) is 18.5 Å². The van der Waals surface area contributed by atoms with Crippen molar-refractivity contribution in [3.63, 3.8) is 0 Å². The lowest BCUT2D eigenvalue weighted by Gasteiger charge is -2.15. The lowest BCUT2D eigenvalue weighted by Crippen LogP contribution is -2.43. The topological polar surface area (TPSA) is 56.7 Å². The maximum atomic E-state index is 11.8. The molecule has 2 N–H and O–H groups in total. The molecule has 6 heteroatoms. The molecule has 1 amide bonds. The molecule has 2 rings (SSSR count). The van der Waals surface area contributed by atoms with Gasteiger partial charge in [0.05, 0.1) is 13.1 Å². The van der Waals surface area contributed by atoms with Crippen molar-refractivity contribution in [3.8, 4) is 0 Å². The molecule has 0 atom stereocenters. The van der Waals surface area contributed by atoms with Gasteiger partial charge in [-0.1, -0.05) is 35.9 Å². The number of hydrogen-bond donors (Lipinski definition) is 2. The zero-order chi connectivity index (χ0) is 18.1. The molecule has 25 heavy (non-hydrogen) atoms. The van der Waals surface area contributed by atoms with E-state index in [4.69, 9.17) is 0 Å². The Labute approximate surface area is 153 Å². The summed E-state index contributed by atoms with van der Waals surface area (Å²) in [6, 6.07) is 12.5. The third-order valence-electron chi connectivity index (χ3n) is 3.69. The summed E-state index contributed by atoms with van der Waals surface area (Å²) in [6.07, 6.45) is 0.935. The fraction of sp³-hybridized carbons (Fsp3) is 0.368. The van der Waals surface area contributed by atoms with Crippen LogP contribution in [0.3, 0.4) is 0 Å². The van der Waals surface area contributed by atoms with E-state index in [1.165, 1.54) is 10.4 Å². The Hall–Kier alpha value is -2.34. The Balaban J connectivity index is 1.92. The van der Waals surface area contributed by atoms with Gasteiger partial charge in [0.25, 0.3) is 0 Å². The Morgan fingerprint density at radius 3 is 2.56 bits per heavy atom. The number of benzene rings is 1. The highest BCUT2D eigenvalue weighted by atomic mass is 32.1. The molecule has 0 aliphatic rings. The molecule has 1 aromatic carbocycles. The summed E-state index contributed by atoms with van der Waals surface area (Å²) in [6.45, 7) is 3.64. The van der Waals surface area contributed by atoms with Crippen LogP contribution in [-0.2, 0) is 17.8 Å². The number of nitrogens with zero attached hydrogens (tertiary/aromatic N) is 2. The molecule has 1 aromatic heterocycles. The summed E-state index contributed by atoms with van der Waals surface area (Å²) in [7, 11) is 3.49. The van der Waals surface area contributed by atoms with Gasteiger partial charge in [0.15, 0.2) is 5.96 Å². The lowest BCUT2D eigenvalue weighted by molar-refractivity contribution is -0.127. The zero-order valence-corrected chi connectivity index (χ0v) is 15.9. The van der Waals surface area contributed by atoms with Crippen molar-refractivity contribution in [2.45, 2.75) is 19.9 Å². The average molecular weight is 359 g/mol. The number of guanidine groups is 1. The molecule has 2 aromatic rings. The first kappa shape index (κ1) is 19.0. The van der Waals surface area contributed by atoms with Crippen molar-refractivity contribution in [2.24, 2.45) is 4.99 Å². The van der Waals surface area contributed by atoms with E-state index in [1.807, 2.05) is 0 Å². The maximum Gasteiger partial charge on any atom is 0.241 e. The van der Waals surface area contributed by atoms with E-state index in [1.54, 1.807) is 30.3 Å². The normalized spacial score (nSPS) is 11.2. The van der Waals surface area contributed by atoms with E-state index in [2.05, 4.69) is 64.3 Å². The largest absolute Gasteiger partial charge is 0.356 e. The minimum Gasteiger partial charge on any atom is -0.356 e. The van der Waals surface area contributed by atoms with Crippen LogP contribution in [0, 0.1) is 6.92 Å². The second-order valence-electron chi connectivity index (χ2n) is 6.05. The van der Waals surface area contributed by atoms with Gasteiger partial charge in [-0.05, 0) is 30.4 Å². The number of amides is 1. The fourth-order valence-corrected chi connectivity index (χ4v) is 2.82. The molecular weight excluding hydrogens is 332 g/mol. The number of nitrogens with one attached hydrogen (secondary N) is 2. The molecule has 0 radical (unpaired) electrons. The monoisotopic (exact) mass is 358 g/mol. The maximum absolute atomic E-state index is 11.8. The third-order valence-corrected chi connectivity index (χ3v) is 4.63. The highest BCUT2D eigenvalue weighted by molar-refractivity contribution is 7.09. The van der Waals surface area contributed by atoms with E-state index in [-0.39, 0.29) is 12.5 Å². The van der Waals surface area contributed by atoms with Crippen LogP contribution in [0.2, 0.25) is 0 Å². The number of aryl methyl sites for hydroxylation is 1. The second kappa shape index (κ2) is 9.84. The van der Waals surface area contributed by atoms with Crippen molar-refractivity contribution in [1.82, 2.24) is 15.5 Å². The van der Waals surface area contributed by atoms with Gasteiger partial charge in [0, 0.05) is 25.5 Å². The molecule has 1 heterocycles. The summed E-state index contributed by atoms with van der Waals surface area (Å²) in [5.74, 6) is 0.676. The molecular formula is C19H26N4OS. The number of carbonyl (C=O) groups is 1. The SMILES string of the molecule is Cc1ccc(CN=C(NCCc2cccs2)NCC(=O)N(C)C)cc1. The number of hydrogen-bond acceptors (Lipinski definition) is 3. The van der Waals surface area contributed by atoms with Gasteiger partial charge in [-0.25, -0.2) is 4.99 Å². The van der Waals surface area contributed by atoms with Crippen LogP contribution in [0.5, 0.6) is 0 Å². The standard InChI is InChI=1S/C19H26N4OS/c1-15-6-8-16(9-7-15)13-21-19(22-14-18(24)23(2)3)20-11-10-17-5-4-12-25-17/h4-9,12H,10-11,13-14H2,1-3H3,(H2,20,21,22).